The van der Waals surface area contributed by atoms with E-state index < -0.39 is 0 Å². The van der Waals surface area contributed by atoms with E-state index in [9.17, 15) is 4.79 Å². The molecule has 0 saturated carbocycles. The first-order chi connectivity index (χ1) is 8.06. The molecule has 0 bridgehead atoms. The van der Waals surface area contributed by atoms with Crippen molar-refractivity contribution in [2.24, 2.45) is 5.92 Å². The molecule has 1 aromatic carbocycles. The first-order valence-electron chi connectivity index (χ1n) is 5.97. The molecule has 1 N–H and O–H groups in total. The second-order valence-corrected chi connectivity index (χ2v) is 5.53. The van der Waals surface area contributed by atoms with Gasteiger partial charge in [0.2, 0.25) is 5.91 Å². The molecule has 2 atom stereocenters. The molecule has 2 nitrogen and oxygen atoms in total. The minimum Gasteiger partial charge on any atom is -0.352 e. The number of carbonyl (C=O) groups is 1. The largest absolute Gasteiger partial charge is 0.352 e. The van der Waals surface area contributed by atoms with Gasteiger partial charge in [0, 0.05) is 10.5 Å². The average Bonchev–Trinajstić information content (AvgIpc) is 2.35. The van der Waals surface area contributed by atoms with Gasteiger partial charge in [-0.2, -0.15) is 0 Å². The normalized spacial score (nSPS) is 14.4. The summed E-state index contributed by atoms with van der Waals surface area (Å²) in [6.45, 7) is 6.23. The second-order valence-electron chi connectivity index (χ2n) is 4.65. The van der Waals surface area contributed by atoms with Crippen LogP contribution in [-0.4, -0.2) is 16.4 Å². The molecular formula is C14H20INO. The van der Waals surface area contributed by atoms with Gasteiger partial charge in [0.25, 0.3) is 0 Å². The van der Waals surface area contributed by atoms with Crippen LogP contribution in [-0.2, 0) is 4.79 Å². The zero-order chi connectivity index (χ0) is 12.8. The van der Waals surface area contributed by atoms with Gasteiger partial charge >= 0.3 is 0 Å². The third kappa shape index (κ3) is 4.30. The van der Waals surface area contributed by atoms with E-state index >= 15 is 0 Å². The predicted octanol–water partition coefficient (Wildman–Crippen LogP) is 3.37. The highest BCUT2D eigenvalue weighted by Gasteiger charge is 2.20. The molecule has 1 amide bonds. The monoisotopic (exact) mass is 345 g/mol. The third-order valence-corrected chi connectivity index (χ3v) is 3.94. The molecule has 0 aromatic heterocycles. The van der Waals surface area contributed by atoms with Crippen molar-refractivity contribution in [2.45, 2.75) is 32.7 Å². The Morgan fingerprint density at radius 2 is 1.82 bits per heavy atom. The van der Waals surface area contributed by atoms with Crippen LogP contribution in [0.15, 0.2) is 30.3 Å². The molecule has 0 heterocycles. The molecule has 0 aliphatic carbocycles. The van der Waals surface area contributed by atoms with Crippen molar-refractivity contribution in [3.8, 4) is 0 Å². The summed E-state index contributed by atoms with van der Waals surface area (Å²) < 4.78 is 0.947. The Bertz CT molecular complexity index is 350. The number of carbonyl (C=O) groups excluding carboxylic acids is 1. The number of halogens is 1. The number of alkyl halides is 1. The highest BCUT2D eigenvalue weighted by molar-refractivity contribution is 14.1. The Morgan fingerprint density at radius 1 is 1.24 bits per heavy atom. The molecule has 17 heavy (non-hydrogen) atoms. The zero-order valence-electron chi connectivity index (χ0n) is 10.6. The summed E-state index contributed by atoms with van der Waals surface area (Å²) >= 11 is 2.32. The first kappa shape index (κ1) is 14.5. The van der Waals surface area contributed by atoms with Crippen LogP contribution in [0.3, 0.4) is 0 Å². The van der Waals surface area contributed by atoms with E-state index in [-0.39, 0.29) is 17.9 Å². The van der Waals surface area contributed by atoms with E-state index in [0.29, 0.717) is 5.92 Å². The number of rotatable bonds is 5. The maximum atomic E-state index is 12.1. The molecular weight excluding hydrogens is 325 g/mol. The van der Waals surface area contributed by atoms with Gasteiger partial charge in [-0.25, -0.2) is 0 Å². The van der Waals surface area contributed by atoms with E-state index in [4.69, 9.17) is 0 Å². The summed E-state index contributed by atoms with van der Waals surface area (Å²) in [5.74, 6) is 0.505. The van der Waals surface area contributed by atoms with Crippen LogP contribution in [0.1, 0.15) is 32.3 Å². The molecule has 0 aliphatic heterocycles. The summed E-state index contributed by atoms with van der Waals surface area (Å²) in [7, 11) is 0. The lowest BCUT2D eigenvalue weighted by molar-refractivity contribution is -0.123. The van der Waals surface area contributed by atoms with Gasteiger partial charge in [-0.3, -0.25) is 4.79 Å². The molecule has 0 radical (unpaired) electrons. The molecule has 2 unspecified atom stereocenters. The lowest BCUT2D eigenvalue weighted by Crippen LogP contribution is -2.41. The van der Waals surface area contributed by atoms with Gasteiger partial charge in [-0.1, -0.05) is 66.8 Å². The zero-order valence-corrected chi connectivity index (χ0v) is 12.8. The SMILES string of the molecule is CC(C(=O)NC(CI)C(C)C)c1ccccc1. The van der Waals surface area contributed by atoms with Crippen molar-refractivity contribution < 1.29 is 4.79 Å². The number of hydrogen-bond acceptors (Lipinski definition) is 1. The predicted molar refractivity (Wildman–Crippen MR) is 80.5 cm³/mol. The van der Waals surface area contributed by atoms with Crippen LogP contribution in [0.4, 0.5) is 0 Å². The summed E-state index contributed by atoms with van der Waals surface area (Å²) in [6.07, 6.45) is 0. The maximum absolute atomic E-state index is 12.1. The van der Waals surface area contributed by atoms with E-state index in [0.717, 1.165) is 9.99 Å². The Balaban J connectivity index is 2.64. The van der Waals surface area contributed by atoms with E-state index in [1.54, 1.807) is 0 Å². The second kappa shape index (κ2) is 6.99. The van der Waals surface area contributed by atoms with Crippen molar-refractivity contribution in [1.82, 2.24) is 5.32 Å². The molecule has 0 fully saturated rings. The lowest BCUT2D eigenvalue weighted by Gasteiger charge is -2.22. The number of amides is 1. The molecule has 1 rings (SSSR count). The minimum atomic E-state index is -0.0830. The van der Waals surface area contributed by atoms with Crippen molar-refractivity contribution in [3.63, 3.8) is 0 Å². The number of nitrogens with one attached hydrogen (secondary N) is 1. The smallest absolute Gasteiger partial charge is 0.227 e. The van der Waals surface area contributed by atoms with Crippen molar-refractivity contribution in [1.29, 1.82) is 0 Å². The van der Waals surface area contributed by atoms with E-state index in [1.807, 2.05) is 37.3 Å². The minimum absolute atomic E-state index is 0.0830. The van der Waals surface area contributed by atoms with Crippen molar-refractivity contribution >= 4 is 28.5 Å². The molecule has 1 aromatic rings. The maximum Gasteiger partial charge on any atom is 0.227 e. The third-order valence-electron chi connectivity index (χ3n) is 2.99. The van der Waals surface area contributed by atoms with Crippen LogP contribution >= 0.6 is 22.6 Å². The van der Waals surface area contributed by atoms with Crippen LogP contribution in [0.2, 0.25) is 0 Å². The number of benzene rings is 1. The fourth-order valence-corrected chi connectivity index (χ4v) is 2.82. The Hall–Kier alpha value is -0.580. The van der Waals surface area contributed by atoms with E-state index in [2.05, 4.69) is 41.8 Å². The van der Waals surface area contributed by atoms with Crippen LogP contribution in [0, 0.1) is 5.92 Å². The molecule has 3 heteroatoms. The summed E-state index contributed by atoms with van der Waals surface area (Å²) in [5.41, 5.74) is 1.07. The molecule has 94 valence electrons. The highest BCUT2D eigenvalue weighted by Crippen LogP contribution is 2.16. The highest BCUT2D eigenvalue weighted by atomic mass is 127. The van der Waals surface area contributed by atoms with Gasteiger partial charge in [0.15, 0.2) is 0 Å². The Kier molecular flexibility index (Phi) is 5.95. The van der Waals surface area contributed by atoms with Gasteiger partial charge in [0.1, 0.15) is 0 Å². The number of hydrogen-bond donors (Lipinski definition) is 1. The summed E-state index contributed by atoms with van der Waals surface area (Å²) in [4.78, 5) is 12.1. The van der Waals surface area contributed by atoms with Gasteiger partial charge in [-0.15, -0.1) is 0 Å². The molecule has 0 saturated heterocycles. The van der Waals surface area contributed by atoms with E-state index in [1.165, 1.54) is 0 Å². The standard InChI is InChI=1S/C14H20INO/c1-10(2)13(9-15)16-14(17)11(3)12-7-5-4-6-8-12/h4-8,10-11,13H,9H2,1-3H3,(H,16,17). The van der Waals surface area contributed by atoms with Crippen molar-refractivity contribution in [2.75, 3.05) is 4.43 Å². The summed E-state index contributed by atoms with van der Waals surface area (Å²) in [5, 5.41) is 3.12. The van der Waals surface area contributed by atoms with Gasteiger partial charge in [0.05, 0.1) is 5.92 Å². The Morgan fingerprint density at radius 3 is 2.29 bits per heavy atom. The topological polar surface area (TPSA) is 29.1 Å². The van der Waals surface area contributed by atoms with Crippen LogP contribution in [0.25, 0.3) is 0 Å². The molecule has 0 spiro atoms. The fraction of sp³-hybridized carbons (Fsp3) is 0.500. The van der Waals surface area contributed by atoms with Crippen LogP contribution in [0.5, 0.6) is 0 Å². The first-order valence-corrected chi connectivity index (χ1v) is 7.50. The average molecular weight is 345 g/mol. The fourth-order valence-electron chi connectivity index (χ4n) is 1.58. The lowest BCUT2D eigenvalue weighted by atomic mass is 9.99. The Labute approximate surface area is 117 Å². The van der Waals surface area contributed by atoms with Crippen molar-refractivity contribution in [3.05, 3.63) is 35.9 Å². The van der Waals surface area contributed by atoms with Gasteiger partial charge in [-0.05, 0) is 18.4 Å². The summed E-state index contributed by atoms with van der Waals surface area (Å²) in [6, 6.07) is 10.2. The quantitative estimate of drug-likeness (QED) is 0.644. The molecule has 0 aliphatic rings. The van der Waals surface area contributed by atoms with Crippen LogP contribution < -0.4 is 5.32 Å². The van der Waals surface area contributed by atoms with Gasteiger partial charge < -0.3 is 5.32 Å².